The van der Waals surface area contributed by atoms with Crippen molar-refractivity contribution in [2.24, 2.45) is 0 Å². The lowest BCUT2D eigenvalue weighted by Gasteiger charge is -2.18. The third-order valence-corrected chi connectivity index (χ3v) is 6.66. The van der Waals surface area contributed by atoms with Crippen LogP contribution in [-0.2, 0) is 23.1 Å². The maximum absolute atomic E-state index is 12.4. The van der Waals surface area contributed by atoms with Crippen LogP contribution in [0.2, 0.25) is 6.04 Å². The van der Waals surface area contributed by atoms with Crippen LogP contribution in [0.15, 0.2) is 0 Å². The minimum Gasteiger partial charge on any atom is -0.360 e. The molecule has 0 bridgehead atoms. The fourth-order valence-electron chi connectivity index (χ4n) is 1.57. The van der Waals surface area contributed by atoms with Gasteiger partial charge in [0, 0.05) is 20.4 Å². The Kier molecular flexibility index (Phi) is 12.2. The van der Waals surface area contributed by atoms with E-state index in [0.717, 1.165) is 25.3 Å². The Labute approximate surface area is 119 Å². The number of hydrogen-bond acceptors (Lipinski definition) is 5. The summed E-state index contributed by atoms with van der Waals surface area (Å²) in [4.78, 5) is 0. The van der Waals surface area contributed by atoms with Crippen LogP contribution in [0.1, 0.15) is 33.1 Å². The van der Waals surface area contributed by atoms with Crippen molar-refractivity contribution in [1.29, 1.82) is 0 Å². The van der Waals surface area contributed by atoms with Gasteiger partial charge in [0.2, 0.25) is 0 Å². The summed E-state index contributed by atoms with van der Waals surface area (Å²) >= 11 is 0. The summed E-state index contributed by atoms with van der Waals surface area (Å²) < 4.78 is 33.6. The van der Waals surface area contributed by atoms with E-state index in [4.69, 9.17) is 18.5 Å². The Morgan fingerprint density at radius 1 is 1.05 bits per heavy atom. The lowest BCUT2D eigenvalue weighted by Crippen LogP contribution is -2.22. The highest BCUT2D eigenvalue weighted by Gasteiger charge is 2.23. The van der Waals surface area contributed by atoms with Crippen LogP contribution >= 0.6 is 7.60 Å². The summed E-state index contributed by atoms with van der Waals surface area (Å²) in [5, 5.41) is 0. The third-order valence-electron chi connectivity index (χ3n) is 2.68. The van der Waals surface area contributed by atoms with Gasteiger partial charge in [-0.05, 0) is 18.9 Å². The molecule has 0 aliphatic heterocycles. The largest absolute Gasteiger partial charge is 0.360 e. The molecule has 0 aliphatic carbocycles. The Balaban J connectivity index is 3.95. The van der Waals surface area contributed by atoms with E-state index in [1.165, 1.54) is 0 Å². The molecule has 116 valence electrons. The summed E-state index contributed by atoms with van der Waals surface area (Å²) in [7, 11) is -0.139. The van der Waals surface area contributed by atoms with Gasteiger partial charge < -0.3 is 18.5 Å². The molecule has 0 aromatic heterocycles. The van der Waals surface area contributed by atoms with Gasteiger partial charge >= 0.3 is 7.60 Å². The molecule has 1 unspecified atom stereocenters. The molecule has 0 fully saturated rings. The van der Waals surface area contributed by atoms with Crippen LogP contribution in [0.25, 0.3) is 0 Å². The van der Waals surface area contributed by atoms with Gasteiger partial charge in [0.1, 0.15) is 5.91 Å². The molecule has 5 nitrogen and oxygen atoms in total. The lowest BCUT2D eigenvalue weighted by molar-refractivity contribution is -0.0443. The normalized spacial score (nSPS) is 15.4. The molecule has 7 heteroatoms. The third kappa shape index (κ3) is 9.77. The molecule has 1 atom stereocenters. The summed E-state index contributed by atoms with van der Waals surface area (Å²) in [6, 6.07) is 0.872. The van der Waals surface area contributed by atoms with E-state index in [2.05, 4.69) is 6.92 Å². The van der Waals surface area contributed by atoms with Crippen molar-refractivity contribution in [2.45, 2.75) is 45.1 Å². The van der Waals surface area contributed by atoms with Crippen LogP contribution in [-0.4, -0.2) is 49.0 Å². The first-order chi connectivity index (χ1) is 9.11. The van der Waals surface area contributed by atoms with Crippen molar-refractivity contribution < 1.29 is 23.1 Å². The highest BCUT2D eigenvalue weighted by atomic mass is 31.2. The van der Waals surface area contributed by atoms with Gasteiger partial charge in [0.15, 0.2) is 0 Å². The second-order valence-electron chi connectivity index (χ2n) is 4.40. The van der Waals surface area contributed by atoms with Crippen LogP contribution in [0.5, 0.6) is 0 Å². The van der Waals surface area contributed by atoms with Gasteiger partial charge in [0.25, 0.3) is 0 Å². The Morgan fingerprint density at radius 3 is 2.21 bits per heavy atom. The zero-order valence-corrected chi connectivity index (χ0v) is 15.0. The molecule has 0 spiro atoms. The van der Waals surface area contributed by atoms with E-state index in [9.17, 15) is 4.57 Å². The summed E-state index contributed by atoms with van der Waals surface area (Å²) in [5.41, 5.74) is 0. The first-order valence-corrected chi connectivity index (χ1v) is 10.6. The average Bonchev–Trinajstić information content (AvgIpc) is 2.40. The van der Waals surface area contributed by atoms with Crippen molar-refractivity contribution in [1.82, 2.24) is 0 Å². The monoisotopic (exact) mass is 312 g/mol. The van der Waals surface area contributed by atoms with E-state index < -0.39 is 17.1 Å². The van der Waals surface area contributed by atoms with Gasteiger partial charge in [0.05, 0.1) is 22.7 Å². The van der Waals surface area contributed by atoms with Crippen LogP contribution < -0.4 is 0 Å². The Morgan fingerprint density at radius 2 is 1.68 bits per heavy atom. The quantitative estimate of drug-likeness (QED) is 0.226. The maximum atomic E-state index is 12.4. The number of methoxy groups -OCH3 is 2. The molecule has 0 radical (unpaired) electrons. The zero-order chi connectivity index (χ0) is 14.6. The lowest BCUT2D eigenvalue weighted by atomic mass is 10.4. The number of hydrogen-bond donors (Lipinski definition) is 0. The number of ether oxygens (including phenoxy) is 2. The number of unbranched alkanes of at least 4 members (excludes halogenated alkanes) is 1. The van der Waals surface area contributed by atoms with Gasteiger partial charge in [-0.25, -0.2) is 0 Å². The van der Waals surface area contributed by atoms with Gasteiger partial charge in [-0.3, -0.25) is 4.57 Å². The standard InChI is InChI=1S/C12H29O5PSi/c1-5-7-8-16-18(13,10-6-2)17-9-11-19-12(14-3)15-4/h12H,5-11,19H2,1-4H3. The molecule has 0 aliphatic rings. The first-order valence-electron chi connectivity index (χ1n) is 7.05. The molecule has 0 rings (SSSR count). The summed E-state index contributed by atoms with van der Waals surface area (Å²) in [5.74, 6) is -0.0878. The molecule has 0 aromatic carbocycles. The maximum Gasteiger partial charge on any atom is 0.330 e. The highest BCUT2D eigenvalue weighted by molar-refractivity contribution is 7.53. The van der Waals surface area contributed by atoms with E-state index in [0.29, 0.717) is 19.4 Å². The molecule has 0 saturated heterocycles. The SMILES string of the molecule is CCCCOP(=O)(CCC)OCC[SiH2]C(OC)OC. The molecule has 0 heterocycles. The zero-order valence-electron chi connectivity index (χ0n) is 12.7. The average molecular weight is 312 g/mol. The molecular weight excluding hydrogens is 283 g/mol. The minimum atomic E-state index is -2.89. The summed E-state index contributed by atoms with van der Waals surface area (Å²) in [6.07, 6.45) is 3.25. The minimum absolute atomic E-state index is 0.0878. The van der Waals surface area contributed by atoms with Crippen LogP contribution in [0.3, 0.4) is 0 Å². The van der Waals surface area contributed by atoms with Crippen molar-refractivity contribution in [3.8, 4) is 0 Å². The Hall–Kier alpha value is 0.287. The predicted molar refractivity (Wildman–Crippen MR) is 80.7 cm³/mol. The molecule has 0 aromatic rings. The fourth-order valence-corrected chi connectivity index (χ4v) is 4.63. The van der Waals surface area contributed by atoms with Gasteiger partial charge in [-0.15, -0.1) is 0 Å². The van der Waals surface area contributed by atoms with Gasteiger partial charge in [-0.1, -0.05) is 20.3 Å². The predicted octanol–water partition coefficient (Wildman–Crippen LogP) is 2.59. The topological polar surface area (TPSA) is 54.0 Å². The Bertz CT molecular complexity index is 248. The van der Waals surface area contributed by atoms with Gasteiger partial charge in [-0.2, -0.15) is 0 Å². The number of rotatable bonds is 13. The second-order valence-corrected chi connectivity index (χ2v) is 8.53. The van der Waals surface area contributed by atoms with Crippen LogP contribution in [0, 0.1) is 0 Å². The van der Waals surface area contributed by atoms with Crippen LogP contribution in [0.4, 0.5) is 0 Å². The molecule has 0 saturated carbocycles. The van der Waals surface area contributed by atoms with E-state index >= 15 is 0 Å². The van der Waals surface area contributed by atoms with Crippen molar-refractivity contribution in [2.75, 3.05) is 33.6 Å². The van der Waals surface area contributed by atoms with Crippen molar-refractivity contribution in [3.05, 3.63) is 0 Å². The molecule has 0 amide bonds. The van der Waals surface area contributed by atoms with E-state index in [1.807, 2.05) is 6.92 Å². The highest BCUT2D eigenvalue weighted by Crippen LogP contribution is 2.48. The second kappa shape index (κ2) is 12.1. The smallest absolute Gasteiger partial charge is 0.330 e. The summed E-state index contributed by atoms with van der Waals surface area (Å²) in [6.45, 7) is 5.05. The van der Waals surface area contributed by atoms with E-state index in [1.54, 1.807) is 14.2 Å². The van der Waals surface area contributed by atoms with E-state index in [-0.39, 0.29) is 5.91 Å². The van der Waals surface area contributed by atoms with Crippen molar-refractivity contribution >= 4 is 17.1 Å². The molecule has 0 N–H and O–H groups in total. The molecular formula is C12H29O5PSi. The first kappa shape index (κ1) is 19.3. The molecule has 19 heavy (non-hydrogen) atoms. The van der Waals surface area contributed by atoms with Crippen molar-refractivity contribution in [3.63, 3.8) is 0 Å². The fraction of sp³-hybridized carbons (Fsp3) is 1.00.